The average molecular weight is 286 g/mol. The number of anilines is 1. The summed E-state index contributed by atoms with van der Waals surface area (Å²) < 4.78 is 0. The van der Waals surface area contributed by atoms with Crippen molar-refractivity contribution in [3.05, 3.63) is 29.8 Å². The van der Waals surface area contributed by atoms with Crippen molar-refractivity contribution in [1.82, 2.24) is 5.32 Å². The van der Waals surface area contributed by atoms with Crippen LogP contribution in [0.1, 0.15) is 31.7 Å². The monoisotopic (exact) mass is 286 g/mol. The van der Waals surface area contributed by atoms with Crippen molar-refractivity contribution < 1.29 is 9.59 Å². The summed E-state index contributed by atoms with van der Waals surface area (Å²) in [5.74, 6) is 0.372. The van der Waals surface area contributed by atoms with Gasteiger partial charge in [0.1, 0.15) is 0 Å². The molecule has 1 N–H and O–H groups in total. The van der Waals surface area contributed by atoms with Crippen LogP contribution in [0.4, 0.5) is 5.69 Å². The molecule has 1 aromatic carbocycles. The van der Waals surface area contributed by atoms with Crippen LogP contribution in [0.3, 0.4) is 0 Å². The Morgan fingerprint density at radius 3 is 2.14 bits per heavy atom. The van der Waals surface area contributed by atoms with Gasteiger partial charge in [0.15, 0.2) is 0 Å². The number of hydrogen-bond acceptors (Lipinski definition) is 3. The molecule has 2 unspecified atom stereocenters. The van der Waals surface area contributed by atoms with Crippen molar-refractivity contribution in [1.29, 1.82) is 0 Å². The minimum Gasteiger partial charge on any atom is -0.316 e. The summed E-state index contributed by atoms with van der Waals surface area (Å²) in [6, 6.07) is 7.69. The van der Waals surface area contributed by atoms with E-state index in [0.29, 0.717) is 11.6 Å². The number of imide groups is 1. The summed E-state index contributed by atoms with van der Waals surface area (Å²) in [5.41, 5.74) is 1.86. The number of hydrogen-bond donors (Lipinski definition) is 1. The minimum atomic E-state index is -0.0839. The second kappa shape index (κ2) is 5.60. The molecule has 21 heavy (non-hydrogen) atoms. The Bertz CT molecular complexity index is 528. The van der Waals surface area contributed by atoms with E-state index in [4.69, 9.17) is 0 Å². The van der Waals surface area contributed by atoms with Crippen molar-refractivity contribution >= 4 is 17.5 Å². The van der Waals surface area contributed by atoms with Gasteiger partial charge >= 0.3 is 0 Å². The highest BCUT2D eigenvalue weighted by Crippen LogP contribution is 2.45. The van der Waals surface area contributed by atoms with E-state index in [1.807, 2.05) is 31.3 Å². The highest BCUT2D eigenvalue weighted by atomic mass is 16.2. The number of amides is 2. The number of carbonyl (C=O) groups excluding carboxylic acids is 2. The maximum absolute atomic E-state index is 12.6. The van der Waals surface area contributed by atoms with E-state index < -0.39 is 0 Å². The zero-order valence-corrected chi connectivity index (χ0v) is 12.6. The zero-order chi connectivity index (χ0) is 15.0. The summed E-state index contributed by atoms with van der Waals surface area (Å²) in [6.07, 6.45) is 2.81. The molecule has 1 aliphatic heterocycles. The third kappa shape index (κ3) is 2.38. The summed E-state index contributed by atoms with van der Waals surface area (Å²) in [4.78, 5) is 26.5. The maximum atomic E-state index is 12.6. The van der Waals surface area contributed by atoms with Gasteiger partial charge in [-0.15, -0.1) is 0 Å². The Labute approximate surface area is 125 Å². The molecule has 2 amide bonds. The van der Waals surface area contributed by atoms with E-state index >= 15 is 0 Å². The number of fused-ring (bicyclic) bond motifs is 1. The van der Waals surface area contributed by atoms with Crippen LogP contribution in [0.15, 0.2) is 24.3 Å². The molecular formula is C17H22N2O2. The summed E-state index contributed by atoms with van der Waals surface area (Å²) in [7, 11) is 1.90. The first-order chi connectivity index (χ1) is 10.2. The molecule has 0 radical (unpaired) electrons. The van der Waals surface area contributed by atoms with Crippen molar-refractivity contribution in [2.75, 3.05) is 11.9 Å². The Morgan fingerprint density at radius 2 is 1.67 bits per heavy atom. The van der Waals surface area contributed by atoms with Gasteiger partial charge in [-0.3, -0.25) is 14.5 Å². The lowest BCUT2D eigenvalue weighted by atomic mass is 10.00. The third-order valence-corrected chi connectivity index (χ3v) is 4.89. The van der Waals surface area contributed by atoms with E-state index in [0.717, 1.165) is 31.4 Å². The molecule has 0 spiro atoms. The Morgan fingerprint density at radius 1 is 1.10 bits per heavy atom. The van der Waals surface area contributed by atoms with Crippen molar-refractivity contribution in [3.8, 4) is 0 Å². The van der Waals surface area contributed by atoms with E-state index in [-0.39, 0.29) is 23.7 Å². The zero-order valence-electron chi connectivity index (χ0n) is 12.6. The quantitative estimate of drug-likeness (QED) is 0.864. The van der Waals surface area contributed by atoms with E-state index in [9.17, 15) is 9.59 Å². The smallest absolute Gasteiger partial charge is 0.237 e. The van der Waals surface area contributed by atoms with Gasteiger partial charge in [0.2, 0.25) is 11.8 Å². The number of nitrogens with zero attached hydrogens (tertiary/aromatic N) is 1. The Kier molecular flexibility index (Phi) is 3.81. The molecule has 1 aromatic rings. The number of rotatable bonds is 4. The lowest BCUT2D eigenvalue weighted by Gasteiger charge is -2.18. The van der Waals surface area contributed by atoms with Gasteiger partial charge in [-0.1, -0.05) is 25.5 Å². The molecule has 0 bridgehead atoms. The van der Waals surface area contributed by atoms with Gasteiger partial charge in [-0.05, 0) is 43.5 Å². The predicted molar refractivity (Wildman–Crippen MR) is 81.7 cm³/mol. The van der Waals surface area contributed by atoms with Gasteiger partial charge < -0.3 is 5.32 Å². The van der Waals surface area contributed by atoms with Gasteiger partial charge in [-0.2, -0.15) is 0 Å². The minimum absolute atomic E-state index is 0.00214. The van der Waals surface area contributed by atoms with Crippen LogP contribution in [0.25, 0.3) is 0 Å². The van der Waals surface area contributed by atoms with Crippen LogP contribution in [0.2, 0.25) is 0 Å². The topological polar surface area (TPSA) is 49.4 Å². The molecule has 1 aliphatic carbocycles. The molecule has 2 atom stereocenters. The highest BCUT2D eigenvalue weighted by molar-refractivity contribution is 6.22. The largest absolute Gasteiger partial charge is 0.316 e. The molecule has 3 rings (SSSR count). The summed E-state index contributed by atoms with van der Waals surface area (Å²) >= 11 is 0. The van der Waals surface area contributed by atoms with Gasteiger partial charge in [0.05, 0.1) is 17.5 Å². The van der Waals surface area contributed by atoms with Crippen LogP contribution in [-0.2, 0) is 16.1 Å². The summed E-state index contributed by atoms with van der Waals surface area (Å²) in [5, 5.41) is 3.09. The first-order valence-corrected chi connectivity index (χ1v) is 7.77. The van der Waals surface area contributed by atoms with E-state index in [2.05, 4.69) is 12.2 Å². The predicted octanol–water partition coefficient (Wildman–Crippen LogP) is 2.33. The van der Waals surface area contributed by atoms with E-state index in [1.165, 1.54) is 4.90 Å². The normalized spacial score (nSPS) is 28.3. The molecular weight excluding hydrogens is 264 g/mol. The molecule has 112 valence electrons. The average Bonchev–Trinajstić information content (AvgIpc) is 3.01. The molecule has 2 fully saturated rings. The van der Waals surface area contributed by atoms with Crippen LogP contribution < -0.4 is 10.2 Å². The molecule has 4 heteroatoms. The number of carbonyl (C=O) groups is 2. The van der Waals surface area contributed by atoms with Crippen LogP contribution in [-0.4, -0.2) is 18.9 Å². The fourth-order valence-corrected chi connectivity index (χ4v) is 3.68. The summed E-state index contributed by atoms with van der Waals surface area (Å²) in [6.45, 7) is 2.92. The second-order valence-electron chi connectivity index (χ2n) is 6.17. The lowest BCUT2D eigenvalue weighted by molar-refractivity contribution is -0.123. The number of nitrogens with one attached hydrogen (secondary N) is 1. The van der Waals surface area contributed by atoms with Crippen molar-refractivity contribution in [2.24, 2.45) is 17.8 Å². The van der Waals surface area contributed by atoms with E-state index in [1.54, 1.807) is 0 Å². The highest BCUT2D eigenvalue weighted by Gasteiger charge is 2.52. The van der Waals surface area contributed by atoms with Crippen LogP contribution in [0.5, 0.6) is 0 Å². The molecule has 0 aromatic heterocycles. The molecule has 1 heterocycles. The second-order valence-corrected chi connectivity index (χ2v) is 6.17. The number of benzene rings is 1. The molecule has 2 aliphatic rings. The standard InChI is InChI=1S/C17H22N2O2/c1-3-11-8-14-15(9-11)17(21)19(16(14)20)13-6-4-12(5-7-13)10-18-2/h4-7,11,14-15,18H,3,8-10H2,1-2H3. The molecule has 4 nitrogen and oxygen atoms in total. The van der Waals surface area contributed by atoms with Gasteiger partial charge in [-0.25, -0.2) is 0 Å². The van der Waals surface area contributed by atoms with Gasteiger partial charge in [0.25, 0.3) is 0 Å². The van der Waals surface area contributed by atoms with Crippen LogP contribution >= 0.6 is 0 Å². The third-order valence-electron chi connectivity index (χ3n) is 4.89. The first kappa shape index (κ1) is 14.3. The van der Waals surface area contributed by atoms with Crippen LogP contribution in [0, 0.1) is 17.8 Å². The van der Waals surface area contributed by atoms with Crippen molar-refractivity contribution in [3.63, 3.8) is 0 Å². The Balaban J connectivity index is 1.81. The fourth-order valence-electron chi connectivity index (χ4n) is 3.68. The lowest BCUT2D eigenvalue weighted by Crippen LogP contribution is -2.32. The fraction of sp³-hybridized carbons (Fsp3) is 0.529. The SMILES string of the molecule is CCC1CC2C(=O)N(c3ccc(CNC)cc3)C(=O)C2C1. The maximum Gasteiger partial charge on any atom is 0.237 e. The first-order valence-electron chi connectivity index (χ1n) is 7.77. The van der Waals surface area contributed by atoms with Gasteiger partial charge in [0, 0.05) is 6.54 Å². The molecule has 1 saturated carbocycles. The van der Waals surface area contributed by atoms with Crippen molar-refractivity contribution in [2.45, 2.75) is 32.7 Å². The molecule has 1 saturated heterocycles. The Hall–Kier alpha value is -1.68.